The average Bonchev–Trinajstić information content (AvgIpc) is 2.66. The second-order valence-corrected chi connectivity index (χ2v) is 6.27. The Morgan fingerprint density at radius 1 is 0.923 bits per heavy atom. The van der Waals surface area contributed by atoms with E-state index >= 15 is 0 Å². The van der Waals surface area contributed by atoms with Gasteiger partial charge in [-0.05, 0) is 49.7 Å². The van der Waals surface area contributed by atoms with Crippen molar-refractivity contribution in [3.8, 4) is 11.5 Å². The summed E-state index contributed by atoms with van der Waals surface area (Å²) in [5.74, 6) is 1.51. The summed E-state index contributed by atoms with van der Waals surface area (Å²) >= 11 is 0. The van der Waals surface area contributed by atoms with E-state index in [4.69, 9.17) is 14.6 Å². The van der Waals surface area contributed by atoms with E-state index in [2.05, 4.69) is 41.8 Å². The number of hydrogen-bond donors (Lipinski definition) is 3. The Morgan fingerprint density at radius 2 is 1.77 bits per heavy atom. The SMILES string of the molecule is COc1cc(CNCCCNCCO)ccc1OCc1cccc(C)c1. The Hall–Kier alpha value is -2.08. The van der Waals surface area contributed by atoms with Gasteiger partial charge in [-0.1, -0.05) is 35.9 Å². The summed E-state index contributed by atoms with van der Waals surface area (Å²) in [5, 5.41) is 15.3. The molecule has 0 fully saturated rings. The minimum absolute atomic E-state index is 0.186. The van der Waals surface area contributed by atoms with Crippen LogP contribution in [0.5, 0.6) is 11.5 Å². The standard InChI is InChI=1S/C21H30N2O3/c1-17-5-3-6-19(13-17)16-26-20-8-7-18(14-21(20)25-2)15-23-10-4-9-22-11-12-24/h3,5-8,13-14,22-24H,4,9-12,15-16H2,1-2H3. The molecule has 0 aliphatic rings. The summed E-state index contributed by atoms with van der Waals surface area (Å²) in [5.41, 5.74) is 3.53. The predicted molar refractivity (Wildman–Crippen MR) is 105 cm³/mol. The third-order valence-electron chi connectivity index (χ3n) is 4.03. The lowest BCUT2D eigenvalue weighted by Crippen LogP contribution is -2.23. The molecule has 5 heteroatoms. The van der Waals surface area contributed by atoms with Gasteiger partial charge >= 0.3 is 0 Å². The lowest BCUT2D eigenvalue weighted by molar-refractivity contribution is 0.284. The number of aliphatic hydroxyl groups is 1. The third-order valence-corrected chi connectivity index (χ3v) is 4.03. The van der Waals surface area contributed by atoms with Crippen LogP contribution in [0, 0.1) is 6.92 Å². The number of hydrogen-bond acceptors (Lipinski definition) is 5. The highest BCUT2D eigenvalue weighted by molar-refractivity contribution is 5.43. The minimum Gasteiger partial charge on any atom is -0.493 e. The first kappa shape index (κ1) is 20.2. The maximum atomic E-state index is 8.70. The second kappa shape index (κ2) is 11.5. The summed E-state index contributed by atoms with van der Waals surface area (Å²) in [6.45, 7) is 6.06. The maximum absolute atomic E-state index is 8.70. The average molecular weight is 358 g/mol. The third kappa shape index (κ3) is 7.04. The molecule has 2 aromatic rings. The Kier molecular flexibility index (Phi) is 8.96. The fourth-order valence-corrected chi connectivity index (χ4v) is 2.68. The molecule has 3 N–H and O–H groups in total. The second-order valence-electron chi connectivity index (χ2n) is 6.27. The molecule has 0 bridgehead atoms. The number of aryl methyl sites for hydroxylation is 1. The fourth-order valence-electron chi connectivity index (χ4n) is 2.68. The first-order chi connectivity index (χ1) is 12.7. The van der Waals surface area contributed by atoms with Gasteiger partial charge in [0.1, 0.15) is 6.61 Å². The van der Waals surface area contributed by atoms with Gasteiger partial charge in [0, 0.05) is 13.1 Å². The van der Waals surface area contributed by atoms with Crippen LogP contribution in [0.3, 0.4) is 0 Å². The van der Waals surface area contributed by atoms with E-state index in [1.807, 2.05) is 18.2 Å². The monoisotopic (exact) mass is 358 g/mol. The van der Waals surface area contributed by atoms with Crippen LogP contribution >= 0.6 is 0 Å². The summed E-state index contributed by atoms with van der Waals surface area (Å²) < 4.78 is 11.4. The molecule has 0 saturated carbocycles. The zero-order valence-corrected chi connectivity index (χ0v) is 15.8. The molecule has 0 aromatic heterocycles. The first-order valence-corrected chi connectivity index (χ1v) is 9.10. The van der Waals surface area contributed by atoms with Crippen molar-refractivity contribution in [2.75, 3.05) is 33.4 Å². The Morgan fingerprint density at radius 3 is 2.54 bits per heavy atom. The van der Waals surface area contributed by atoms with Gasteiger partial charge in [-0.25, -0.2) is 0 Å². The molecule has 0 aliphatic heterocycles. The highest BCUT2D eigenvalue weighted by Gasteiger charge is 2.06. The van der Waals surface area contributed by atoms with Crippen molar-refractivity contribution in [3.63, 3.8) is 0 Å². The zero-order chi connectivity index (χ0) is 18.6. The van der Waals surface area contributed by atoms with Crippen LogP contribution in [0.15, 0.2) is 42.5 Å². The van der Waals surface area contributed by atoms with E-state index in [1.54, 1.807) is 7.11 Å². The number of ether oxygens (including phenoxy) is 2. The molecule has 0 radical (unpaired) electrons. The van der Waals surface area contributed by atoms with Crippen molar-refractivity contribution >= 4 is 0 Å². The molecule has 142 valence electrons. The Labute approximate surface area is 156 Å². The summed E-state index contributed by atoms with van der Waals surface area (Å²) in [6, 6.07) is 14.4. The van der Waals surface area contributed by atoms with Crippen LogP contribution in [0.2, 0.25) is 0 Å². The molecule has 0 spiro atoms. The number of aliphatic hydroxyl groups excluding tert-OH is 1. The normalized spacial score (nSPS) is 10.7. The number of methoxy groups -OCH3 is 1. The molecule has 0 atom stereocenters. The minimum atomic E-state index is 0.186. The van der Waals surface area contributed by atoms with Crippen molar-refractivity contribution in [1.82, 2.24) is 10.6 Å². The first-order valence-electron chi connectivity index (χ1n) is 9.10. The van der Waals surface area contributed by atoms with E-state index < -0.39 is 0 Å². The molecule has 26 heavy (non-hydrogen) atoms. The van der Waals surface area contributed by atoms with Gasteiger partial charge in [-0.2, -0.15) is 0 Å². The lowest BCUT2D eigenvalue weighted by Gasteiger charge is -2.13. The van der Waals surface area contributed by atoms with Crippen molar-refractivity contribution in [3.05, 3.63) is 59.2 Å². The van der Waals surface area contributed by atoms with Crippen LogP contribution in [0.1, 0.15) is 23.1 Å². The maximum Gasteiger partial charge on any atom is 0.161 e. The quantitative estimate of drug-likeness (QED) is 0.509. The Bertz CT molecular complexity index is 661. The molecule has 2 aromatic carbocycles. The Balaban J connectivity index is 1.80. The molecule has 2 rings (SSSR count). The van der Waals surface area contributed by atoms with Crippen LogP contribution in [-0.4, -0.2) is 38.5 Å². The van der Waals surface area contributed by atoms with Crippen molar-refractivity contribution in [2.24, 2.45) is 0 Å². The van der Waals surface area contributed by atoms with Crippen molar-refractivity contribution in [1.29, 1.82) is 0 Å². The van der Waals surface area contributed by atoms with Gasteiger partial charge in [0.2, 0.25) is 0 Å². The van der Waals surface area contributed by atoms with Crippen LogP contribution in [0.25, 0.3) is 0 Å². The number of nitrogens with one attached hydrogen (secondary N) is 2. The van der Waals surface area contributed by atoms with Gasteiger partial charge in [-0.3, -0.25) is 0 Å². The van der Waals surface area contributed by atoms with E-state index in [-0.39, 0.29) is 6.61 Å². The smallest absolute Gasteiger partial charge is 0.161 e. The van der Waals surface area contributed by atoms with Crippen molar-refractivity contribution in [2.45, 2.75) is 26.5 Å². The summed E-state index contributed by atoms with van der Waals surface area (Å²) in [7, 11) is 1.67. The molecule has 0 aliphatic carbocycles. The summed E-state index contributed by atoms with van der Waals surface area (Å²) in [4.78, 5) is 0. The summed E-state index contributed by atoms with van der Waals surface area (Å²) in [6.07, 6.45) is 1.02. The molecule has 5 nitrogen and oxygen atoms in total. The van der Waals surface area contributed by atoms with Gasteiger partial charge in [0.15, 0.2) is 11.5 Å². The molecule has 0 saturated heterocycles. The van der Waals surface area contributed by atoms with E-state index in [9.17, 15) is 0 Å². The van der Waals surface area contributed by atoms with Gasteiger partial charge in [0.25, 0.3) is 0 Å². The van der Waals surface area contributed by atoms with Gasteiger partial charge in [0.05, 0.1) is 13.7 Å². The van der Waals surface area contributed by atoms with Crippen molar-refractivity contribution < 1.29 is 14.6 Å². The number of rotatable bonds is 12. The van der Waals surface area contributed by atoms with E-state index in [1.165, 1.54) is 5.56 Å². The highest BCUT2D eigenvalue weighted by atomic mass is 16.5. The van der Waals surface area contributed by atoms with Gasteiger partial charge < -0.3 is 25.2 Å². The largest absolute Gasteiger partial charge is 0.493 e. The molecule has 0 amide bonds. The van der Waals surface area contributed by atoms with Crippen LogP contribution < -0.4 is 20.1 Å². The molecular weight excluding hydrogens is 328 g/mol. The lowest BCUT2D eigenvalue weighted by atomic mass is 10.1. The highest BCUT2D eigenvalue weighted by Crippen LogP contribution is 2.28. The van der Waals surface area contributed by atoms with Crippen LogP contribution in [-0.2, 0) is 13.2 Å². The molecular formula is C21H30N2O3. The van der Waals surface area contributed by atoms with Gasteiger partial charge in [-0.15, -0.1) is 0 Å². The molecule has 0 unspecified atom stereocenters. The number of benzene rings is 2. The topological polar surface area (TPSA) is 62.8 Å². The molecule has 0 heterocycles. The predicted octanol–water partition coefficient (Wildman–Crippen LogP) is 2.64. The zero-order valence-electron chi connectivity index (χ0n) is 15.8. The van der Waals surface area contributed by atoms with Crippen LogP contribution in [0.4, 0.5) is 0 Å². The van der Waals surface area contributed by atoms with E-state index in [0.29, 0.717) is 13.2 Å². The fraction of sp³-hybridized carbons (Fsp3) is 0.429. The van der Waals surface area contributed by atoms with E-state index in [0.717, 1.165) is 48.7 Å².